The van der Waals surface area contributed by atoms with Crippen molar-refractivity contribution in [1.82, 2.24) is 0 Å². The Hall–Kier alpha value is -0.0800. The quantitative estimate of drug-likeness (QED) is 0.662. The smallest absolute Gasteiger partial charge is 0.0680 e. The Morgan fingerprint density at radius 3 is 2.39 bits per heavy atom. The molecule has 1 N–H and O–H groups in total. The van der Waals surface area contributed by atoms with E-state index in [0.717, 1.165) is 13.0 Å². The molecule has 0 radical (unpaired) electrons. The minimum atomic E-state index is -0.0745. The molecule has 2 atom stereocenters. The molecule has 2 aliphatic carbocycles. The van der Waals surface area contributed by atoms with E-state index in [1.54, 1.807) is 0 Å². The Labute approximate surface area is 112 Å². The van der Waals surface area contributed by atoms with E-state index in [2.05, 4.69) is 6.92 Å². The second-order valence-corrected chi connectivity index (χ2v) is 6.32. The monoisotopic (exact) mass is 254 g/mol. The molecule has 2 nitrogen and oxygen atoms in total. The first-order chi connectivity index (χ1) is 8.79. The van der Waals surface area contributed by atoms with Gasteiger partial charge in [-0.15, -0.1) is 0 Å². The standard InChI is InChI=1S/C16H30O2/c1-2-3-4-5-6-9-12-18-15-13-14(17)16(15)10-7-8-11-16/h14-15,17H,2-13H2,1H3. The first-order valence-electron chi connectivity index (χ1n) is 8.09. The highest BCUT2D eigenvalue weighted by Gasteiger charge is 2.56. The summed E-state index contributed by atoms with van der Waals surface area (Å²) in [6.45, 7) is 3.16. The van der Waals surface area contributed by atoms with Crippen molar-refractivity contribution < 1.29 is 9.84 Å². The molecular formula is C16H30O2. The van der Waals surface area contributed by atoms with E-state index in [-0.39, 0.29) is 11.5 Å². The maximum atomic E-state index is 9.99. The molecule has 0 aromatic heterocycles. The van der Waals surface area contributed by atoms with Crippen LogP contribution < -0.4 is 0 Å². The van der Waals surface area contributed by atoms with Gasteiger partial charge in [-0.25, -0.2) is 0 Å². The topological polar surface area (TPSA) is 29.5 Å². The molecular weight excluding hydrogens is 224 g/mol. The van der Waals surface area contributed by atoms with Crippen LogP contribution in [0.4, 0.5) is 0 Å². The fraction of sp³-hybridized carbons (Fsp3) is 1.00. The molecule has 2 saturated carbocycles. The van der Waals surface area contributed by atoms with Crippen molar-refractivity contribution in [3.05, 3.63) is 0 Å². The Morgan fingerprint density at radius 2 is 1.72 bits per heavy atom. The molecule has 0 aromatic carbocycles. The van der Waals surface area contributed by atoms with Crippen molar-refractivity contribution in [2.24, 2.45) is 5.41 Å². The lowest BCUT2D eigenvalue weighted by atomic mass is 9.62. The van der Waals surface area contributed by atoms with Crippen LogP contribution in [-0.2, 0) is 4.74 Å². The largest absolute Gasteiger partial charge is 0.392 e. The zero-order valence-electron chi connectivity index (χ0n) is 12.0. The molecule has 0 heterocycles. The summed E-state index contributed by atoms with van der Waals surface area (Å²) in [6.07, 6.45) is 14.1. The van der Waals surface area contributed by atoms with Crippen LogP contribution in [0.5, 0.6) is 0 Å². The second-order valence-electron chi connectivity index (χ2n) is 6.32. The highest BCUT2D eigenvalue weighted by Crippen LogP contribution is 2.54. The van der Waals surface area contributed by atoms with Crippen LogP contribution in [0.2, 0.25) is 0 Å². The van der Waals surface area contributed by atoms with Gasteiger partial charge in [-0.2, -0.15) is 0 Å². The number of rotatable bonds is 8. The summed E-state index contributed by atoms with van der Waals surface area (Å²) >= 11 is 0. The fourth-order valence-electron chi connectivity index (χ4n) is 3.76. The second kappa shape index (κ2) is 6.91. The predicted molar refractivity (Wildman–Crippen MR) is 74.6 cm³/mol. The molecule has 1 spiro atoms. The average molecular weight is 254 g/mol. The molecule has 2 aliphatic rings. The lowest BCUT2D eigenvalue weighted by Gasteiger charge is -2.51. The average Bonchev–Trinajstić information content (AvgIpc) is 2.88. The lowest BCUT2D eigenvalue weighted by molar-refractivity contribution is -0.189. The third-order valence-corrected chi connectivity index (χ3v) is 5.09. The molecule has 0 saturated heterocycles. The van der Waals surface area contributed by atoms with Crippen molar-refractivity contribution in [2.75, 3.05) is 6.61 Å². The van der Waals surface area contributed by atoms with Gasteiger partial charge in [0.15, 0.2) is 0 Å². The first-order valence-corrected chi connectivity index (χ1v) is 8.09. The molecule has 0 amide bonds. The number of aliphatic hydroxyl groups is 1. The summed E-state index contributed by atoms with van der Waals surface area (Å²) in [5.74, 6) is 0. The Balaban J connectivity index is 1.55. The number of unbranched alkanes of at least 4 members (excludes halogenated alkanes) is 5. The van der Waals surface area contributed by atoms with Crippen molar-refractivity contribution in [1.29, 1.82) is 0 Å². The van der Waals surface area contributed by atoms with Crippen molar-refractivity contribution in [3.63, 3.8) is 0 Å². The normalized spacial score (nSPS) is 29.7. The molecule has 2 fully saturated rings. The zero-order chi connectivity index (χ0) is 12.8. The Morgan fingerprint density at radius 1 is 1.06 bits per heavy atom. The maximum Gasteiger partial charge on any atom is 0.0680 e. The van der Waals surface area contributed by atoms with Crippen LogP contribution >= 0.6 is 0 Å². The highest BCUT2D eigenvalue weighted by molar-refractivity contribution is 5.06. The van der Waals surface area contributed by atoms with Crippen LogP contribution in [0.3, 0.4) is 0 Å². The molecule has 2 unspecified atom stereocenters. The van der Waals surface area contributed by atoms with Gasteiger partial charge >= 0.3 is 0 Å². The third-order valence-electron chi connectivity index (χ3n) is 5.09. The van der Waals surface area contributed by atoms with Crippen molar-refractivity contribution in [2.45, 2.75) is 89.8 Å². The zero-order valence-corrected chi connectivity index (χ0v) is 12.0. The number of hydrogen-bond acceptors (Lipinski definition) is 2. The Kier molecular flexibility index (Phi) is 5.50. The van der Waals surface area contributed by atoms with Gasteiger partial charge in [-0.1, -0.05) is 51.9 Å². The van der Waals surface area contributed by atoms with E-state index in [0.29, 0.717) is 6.10 Å². The molecule has 0 aliphatic heterocycles. The number of ether oxygens (including phenoxy) is 1. The summed E-state index contributed by atoms with van der Waals surface area (Å²) in [5, 5.41) is 9.99. The van der Waals surface area contributed by atoms with E-state index in [9.17, 15) is 5.11 Å². The predicted octanol–water partition coefficient (Wildman–Crippen LogP) is 4.06. The van der Waals surface area contributed by atoms with Crippen molar-refractivity contribution in [3.8, 4) is 0 Å². The SMILES string of the molecule is CCCCCCCCOC1CC(O)C12CCCC2. The molecule has 0 aromatic rings. The van der Waals surface area contributed by atoms with E-state index in [1.807, 2.05) is 0 Å². The molecule has 2 rings (SSSR count). The maximum absolute atomic E-state index is 9.99. The van der Waals surface area contributed by atoms with E-state index in [4.69, 9.17) is 4.74 Å². The summed E-state index contributed by atoms with van der Waals surface area (Å²) in [4.78, 5) is 0. The van der Waals surface area contributed by atoms with Crippen LogP contribution in [0.15, 0.2) is 0 Å². The lowest BCUT2D eigenvalue weighted by Crippen LogP contribution is -2.56. The van der Waals surface area contributed by atoms with Crippen molar-refractivity contribution >= 4 is 0 Å². The fourth-order valence-corrected chi connectivity index (χ4v) is 3.76. The first kappa shape index (κ1) is 14.3. The van der Waals surface area contributed by atoms with E-state index < -0.39 is 0 Å². The van der Waals surface area contributed by atoms with Crippen LogP contribution in [0, 0.1) is 5.41 Å². The van der Waals surface area contributed by atoms with Crippen LogP contribution in [-0.4, -0.2) is 23.9 Å². The van der Waals surface area contributed by atoms with Gasteiger partial charge < -0.3 is 9.84 Å². The Bertz CT molecular complexity index is 233. The summed E-state index contributed by atoms with van der Waals surface area (Å²) in [6, 6.07) is 0. The molecule has 18 heavy (non-hydrogen) atoms. The molecule has 106 valence electrons. The summed E-state index contributed by atoms with van der Waals surface area (Å²) in [7, 11) is 0. The minimum absolute atomic E-state index is 0.0745. The minimum Gasteiger partial charge on any atom is -0.392 e. The summed E-state index contributed by atoms with van der Waals surface area (Å²) < 4.78 is 6.03. The number of hydrogen-bond donors (Lipinski definition) is 1. The van der Waals surface area contributed by atoms with E-state index in [1.165, 1.54) is 64.2 Å². The molecule has 2 heteroatoms. The van der Waals surface area contributed by atoms with Gasteiger partial charge in [0.05, 0.1) is 12.2 Å². The van der Waals surface area contributed by atoms with Gasteiger partial charge in [0.2, 0.25) is 0 Å². The van der Waals surface area contributed by atoms with Gasteiger partial charge in [-0.3, -0.25) is 0 Å². The molecule has 0 bridgehead atoms. The van der Waals surface area contributed by atoms with Gasteiger partial charge in [0, 0.05) is 18.4 Å². The van der Waals surface area contributed by atoms with Crippen LogP contribution in [0.25, 0.3) is 0 Å². The van der Waals surface area contributed by atoms with Crippen LogP contribution in [0.1, 0.15) is 77.6 Å². The number of aliphatic hydroxyl groups excluding tert-OH is 1. The highest BCUT2D eigenvalue weighted by atomic mass is 16.5. The summed E-state index contributed by atoms with van der Waals surface area (Å²) in [5.41, 5.74) is 0.169. The van der Waals surface area contributed by atoms with Gasteiger partial charge in [-0.05, 0) is 19.3 Å². The van der Waals surface area contributed by atoms with E-state index >= 15 is 0 Å². The van der Waals surface area contributed by atoms with Gasteiger partial charge in [0.1, 0.15) is 0 Å². The van der Waals surface area contributed by atoms with Gasteiger partial charge in [0.25, 0.3) is 0 Å². The third kappa shape index (κ3) is 3.08.